The van der Waals surface area contributed by atoms with E-state index in [2.05, 4.69) is 5.32 Å². The first-order chi connectivity index (χ1) is 8.33. The molecule has 0 spiro atoms. The van der Waals surface area contributed by atoms with Gasteiger partial charge in [-0.25, -0.2) is 4.39 Å². The van der Waals surface area contributed by atoms with Gasteiger partial charge in [0.25, 0.3) is 0 Å². The molecule has 1 unspecified atom stereocenters. The molecule has 0 heterocycles. The van der Waals surface area contributed by atoms with Crippen molar-refractivity contribution in [2.24, 2.45) is 0 Å². The third-order valence-corrected chi connectivity index (χ3v) is 2.90. The van der Waals surface area contributed by atoms with Gasteiger partial charge in [-0.15, -0.1) is 0 Å². The van der Waals surface area contributed by atoms with Crippen LogP contribution >= 0.6 is 0 Å². The summed E-state index contributed by atoms with van der Waals surface area (Å²) in [5.74, 6) is -0.330. The molecule has 0 aliphatic heterocycles. The Kier molecular flexibility index (Phi) is 5.14. The van der Waals surface area contributed by atoms with Crippen LogP contribution in [-0.2, 0) is 0 Å². The van der Waals surface area contributed by atoms with Crippen LogP contribution in [0.25, 0.3) is 0 Å². The maximum atomic E-state index is 13.4. The minimum absolute atomic E-state index is 0.0322. The van der Waals surface area contributed by atoms with Crippen molar-refractivity contribution in [1.82, 2.24) is 5.32 Å². The van der Waals surface area contributed by atoms with Crippen LogP contribution in [0, 0.1) is 12.7 Å². The Hall–Kier alpha value is -1.10. The topological polar surface area (TPSA) is 12.0 Å². The molecule has 0 bridgehead atoms. The lowest BCUT2D eigenvalue weighted by Crippen LogP contribution is -2.18. The Morgan fingerprint density at radius 2 is 1.94 bits per heavy atom. The number of benzene rings is 1. The van der Waals surface area contributed by atoms with Gasteiger partial charge in [0, 0.05) is 12.5 Å². The van der Waals surface area contributed by atoms with Gasteiger partial charge in [-0.2, -0.15) is 13.2 Å². The SMILES string of the molecule is CNC(CCCC(F)(F)F)c1ccc(C)c(F)c1. The summed E-state index contributed by atoms with van der Waals surface area (Å²) < 4.78 is 49.5. The molecule has 0 aliphatic carbocycles. The van der Waals surface area contributed by atoms with Crippen molar-refractivity contribution in [3.05, 3.63) is 35.1 Å². The molecule has 1 nitrogen and oxygen atoms in total. The van der Waals surface area contributed by atoms with Crippen LogP contribution < -0.4 is 5.32 Å². The van der Waals surface area contributed by atoms with Crippen molar-refractivity contribution in [1.29, 1.82) is 0 Å². The molecule has 0 fully saturated rings. The second-order valence-electron chi connectivity index (χ2n) is 4.36. The standard InChI is InChI=1S/C13H17F4N/c1-9-5-6-10(8-11(9)14)12(18-2)4-3-7-13(15,16)17/h5-6,8,12,18H,3-4,7H2,1-2H3. The minimum Gasteiger partial charge on any atom is -0.313 e. The summed E-state index contributed by atoms with van der Waals surface area (Å²) >= 11 is 0. The molecular weight excluding hydrogens is 246 g/mol. The van der Waals surface area contributed by atoms with E-state index in [1.54, 1.807) is 26.1 Å². The minimum atomic E-state index is -4.13. The molecule has 1 N–H and O–H groups in total. The van der Waals surface area contributed by atoms with E-state index in [9.17, 15) is 17.6 Å². The lowest BCUT2D eigenvalue weighted by Gasteiger charge is -2.17. The Labute approximate surface area is 104 Å². The maximum Gasteiger partial charge on any atom is 0.389 e. The van der Waals surface area contributed by atoms with E-state index in [1.807, 2.05) is 0 Å². The highest BCUT2D eigenvalue weighted by Crippen LogP contribution is 2.26. The van der Waals surface area contributed by atoms with Gasteiger partial charge in [0.15, 0.2) is 0 Å². The van der Waals surface area contributed by atoms with Gasteiger partial charge in [-0.05, 0) is 44.0 Å². The fraction of sp³-hybridized carbons (Fsp3) is 0.538. The van der Waals surface area contributed by atoms with Crippen molar-refractivity contribution in [2.75, 3.05) is 7.05 Å². The van der Waals surface area contributed by atoms with E-state index in [-0.39, 0.29) is 18.3 Å². The van der Waals surface area contributed by atoms with Gasteiger partial charge in [-0.1, -0.05) is 12.1 Å². The number of aryl methyl sites for hydroxylation is 1. The monoisotopic (exact) mass is 263 g/mol. The molecule has 102 valence electrons. The predicted molar refractivity (Wildman–Crippen MR) is 62.8 cm³/mol. The van der Waals surface area contributed by atoms with Gasteiger partial charge in [0.2, 0.25) is 0 Å². The molecule has 0 aromatic heterocycles. The van der Waals surface area contributed by atoms with Crippen LogP contribution in [0.2, 0.25) is 0 Å². The van der Waals surface area contributed by atoms with E-state index in [0.717, 1.165) is 0 Å². The van der Waals surface area contributed by atoms with E-state index < -0.39 is 12.6 Å². The molecule has 1 aromatic carbocycles. The Morgan fingerprint density at radius 1 is 1.28 bits per heavy atom. The summed E-state index contributed by atoms with van der Waals surface area (Å²) in [4.78, 5) is 0. The average molecular weight is 263 g/mol. The Balaban J connectivity index is 2.63. The van der Waals surface area contributed by atoms with Crippen LogP contribution in [0.5, 0.6) is 0 Å². The molecule has 0 saturated heterocycles. The smallest absolute Gasteiger partial charge is 0.313 e. The van der Waals surface area contributed by atoms with Crippen LogP contribution in [0.1, 0.15) is 36.4 Å². The second kappa shape index (κ2) is 6.18. The van der Waals surface area contributed by atoms with Crippen LogP contribution in [0.4, 0.5) is 17.6 Å². The van der Waals surface area contributed by atoms with Gasteiger partial charge in [0.1, 0.15) is 5.82 Å². The number of alkyl halides is 3. The zero-order valence-corrected chi connectivity index (χ0v) is 10.4. The van der Waals surface area contributed by atoms with Gasteiger partial charge < -0.3 is 5.32 Å². The maximum absolute atomic E-state index is 13.4. The van der Waals surface area contributed by atoms with Crippen LogP contribution in [0.15, 0.2) is 18.2 Å². The summed E-state index contributed by atoms with van der Waals surface area (Å²) in [7, 11) is 1.66. The van der Waals surface area contributed by atoms with Crippen molar-refractivity contribution in [2.45, 2.75) is 38.4 Å². The summed E-state index contributed by atoms with van der Waals surface area (Å²) in [5.41, 5.74) is 1.21. The molecule has 18 heavy (non-hydrogen) atoms. The summed E-state index contributed by atoms with van der Waals surface area (Å²) in [6.45, 7) is 1.65. The largest absolute Gasteiger partial charge is 0.389 e. The molecule has 0 aliphatic rings. The number of hydrogen-bond donors (Lipinski definition) is 1. The Bertz CT molecular complexity index is 387. The highest BCUT2D eigenvalue weighted by Gasteiger charge is 2.26. The van der Waals surface area contributed by atoms with Gasteiger partial charge in [0.05, 0.1) is 0 Å². The third kappa shape index (κ3) is 4.64. The normalized spacial score (nSPS) is 13.7. The molecule has 1 rings (SSSR count). The van der Waals surface area contributed by atoms with Crippen molar-refractivity contribution in [3.8, 4) is 0 Å². The molecule has 1 aromatic rings. The fourth-order valence-corrected chi connectivity index (χ4v) is 1.81. The number of hydrogen-bond acceptors (Lipinski definition) is 1. The van der Waals surface area contributed by atoms with E-state index in [0.29, 0.717) is 17.5 Å². The zero-order valence-electron chi connectivity index (χ0n) is 10.4. The van der Waals surface area contributed by atoms with Gasteiger partial charge >= 0.3 is 6.18 Å². The van der Waals surface area contributed by atoms with Crippen molar-refractivity contribution < 1.29 is 17.6 Å². The predicted octanol–water partition coefficient (Wildman–Crippen LogP) is 4.13. The lowest BCUT2D eigenvalue weighted by molar-refractivity contribution is -0.135. The second-order valence-corrected chi connectivity index (χ2v) is 4.36. The number of halogens is 4. The van der Waals surface area contributed by atoms with E-state index >= 15 is 0 Å². The molecule has 1 atom stereocenters. The average Bonchev–Trinajstić information content (AvgIpc) is 2.27. The summed E-state index contributed by atoms with van der Waals surface area (Å²) in [5, 5.41) is 2.92. The molecule has 0 radical (unpaired) electrons. The van der Waals surface area contributed by atoms with Gasteiger partial charge in [-0.3, -0.25) is 0 Å². The van der Waals surface area contributed by atoms with Crippen molar-refractivity contribution in [3.63, 3.8) is 0 Å². The lowest BCUT2D eigenvalue weighted by atomic mass is 9.99. The number of nitrogens with one attached hydrogen (secondary N) is 1. The van der Waals surface area contributed by atoms with E-state index in [4.69, 9.17) is 0 Å². The summed E-state index contributed by atoms with van der Waals surface area (Å²) in [6.07, 6.45) is -4.57. The van der Waals surface area contributed by atoms with E-state index in [1.165, 1.54) is 6.07 Å². The first-order valence-electron chi connectivity index (χ1n) is 5.83. The molecule has 0 saturated carbocycles. The quantitative estimate of drug-likeness (QED) is 0.788. The first kappa shape index (κ1) is 15.0. The number of rotatable bonds is 5. The van der Waals surface area contributed by atoms with Crippen LogP contribution in [0.3, 0.4) is 0 Å². The summed E-state index contributed by atoms with van der Waals surface area (Å²) in [6, 6.07) is 4.51. The Morgan fingerprint density at radius 3 is 2.44 bits per heavy atom. The highest BCUT2D eigenvalue weighted by molar-refractivity contribution is 5.25. The van der Waals surface area contributed by atoms with Crippen LogP contribution in [-0.4, -0.2) is 13.2 Å². The highest BCUT2D eigenvalue weighted by atomic mass is 19.4. The first-order valence-corrected chi connectivity index (χ1v) is 5.83. The molecular formula is C13H17F4N. The fourth-order valence-electron chi connectivity index (χ4n) is 1.81. The molecule has 5 heteroatoms. The third-order valence-electron chi connectivity index (χ3n) is 2.90. The van der Waals surface area contributed by atoms with Crippen molar-refractivity contribution >= 4 is 0 Å². The molecule has 0 amide bonds. The zero-order chi connectivity index (χ0) is 13.8.